The van der Waals surface area contributed by atoms with E-state index in [1.54, 1.807) is 10.9 Å². The first-order chi connectivity index (χ1) is 10.0. The van der Waals surface area contributed by atoms with Crippen molar-refractivity contribution >= 4 is 28.7 Å². The Balaban J connectivity index is 2.05. The maximum absolute atomic E-state index is 10.2. The molecular weight excluding hydrogens is 294 g/mol. The minimum Gasteiger partial charge on any atom is -0.395 e. The van der Waals surface area contributed by atoms with E-state index in [-0.39, 0.29) is 23.8 Å². The van der Waals surface area contributed by atoms with Crippen LogP contribution in [0.4, 0.5) is 5.95 Å². The second-order valence-corrected chi connectivity index (χ2v) is 5.62. The van der Waals surface area contributed by atoms with Gasteiger partial charge in [-0.25, -0.2) is 4.98 Å². The number of hydrogen-bond donors (Lipinski definition) is 3. The summed E-state index contributed by atoms with van der Waals surface area (Å²) in [6, 6.07) is -0.140. The first-order valence-electron chi connectivity index (χ1n) is 6.43. The molecule has 21 heavy (non-hydrogen) atoms. The fourth-order valence-electron chi connectivity index (χ4n) is 2.87. The van der Waals surface area contributed by atoms with Crippen LogP contribution in [0.25, 0.3) is 11.2 Å². The quantitative estimate of drug-likeness (QED) is 0.546. The van der Waals surface area contributed by atoms with E-state index in [9.17, 15) is 10.2 Å². The Morgan fingerprint density at radius 2 is 2.33 bits per heavy atom. The van der Waals surface area contributed by atoms with Crippen LogP contribution in [0, 0.1) is 17.8 Å². The molecule has 1 saturated carbocycles. The van der Waals surface area contributed by atoms with Gasteiger partial charge in [0.25, 0.3) is 0 Å². The minimum atomic E-state index is -0.941. The van der Waals surface area contributed by atoms with Gasteiger partial charge in [0.05, 0.1) is 24.5 Å². The molecule has 0 aliphatic heterocycles. The van der Waals surface area contributed by atoms with E-state index in [1.807, 2.05) is 0 Å². The Bertz CT molecular complexity index is 740. The molecule has 0 bridgehead atoms. The normalized spacial score (nSPS) is 28.9. The van der Waals surface area contributed by atoms with E-state index in [1.165, 1.54) is 0 Å². The molecule has 0 amide bonds. The Labute approximate surface area is 125 Å². The summed E-state index contributed by atoms with van der Waals surface area (Å²) in [5, 5.41) is 19.9. The number of hydrogen-bond acceptors (Lipinski definition) is 6. The molecule has 0 radical (unpaired) electrons. The zero-order chi connectivity index (χ0) is 15.2. The second kappa shape index (κ2) is 4.84. The number of terminal acetylenes is 1. The average molecular weight is 308 g/mol. The zero-order valence-corrected chi connectivity index (χ0v) is 11.8. The van der Waals surface area contributed by atoms with Crippen molar-refractivity contribution in [2.24, 2.45) is 5.41 Å². The van der Waals surface area contributed by atoms with E-state index in [2.05, 4.69) is 20.9 Å². The highest BCUT2D eigenvalue weighted by atomic mass is 35.5. The molecule has 3 rings (SSSR count). The summed E-state index contributed by atoms with van der Waals surface area (Å²) in [6.07, 6.45) is 7.10. The molecule has 3 atom stereocenters. The molecule has 110 valence electrons. The summed E-state index contributed by atoms with van der Waals surface area (Å²) in [6.45, 7) is -0.272. The van der Waals surface area contributed by atoms with Crippen LogP contribution in [0.3, 0.4) is 0 Å². The summed E-state index contributed by atoms with van der Waals surface area (Å²) in [4.78, 5) is 12.2. The number of anilines is 1. The number of nitrogen functional groups attached to an aromatic ring is 1. The highest BCUT2D eigenvalue weighted by Crippen LogP contribution is 2.44. The van der Waals surface area contributed by atoms with E-state index in [4.69, 9.17) is 23.8 Å². The summed E-state index contributed by atoms with van der Waals surface area (Å²) < 4.78 is 1.78. The summed E-state index contributed by atoms with van der Waals surface area (Å²) >= 11 is 5.99. The van der Waals surface area contributed by atoms with E-state index < -0.39 is 11.5 Å². The lowest BCUT2D eigenvalue weighted by Gasteiger charge is -2.23. The van der Waals surface area contributed by atoms with Crippen LogP contribution in [0.15, 0.2) is 6.33 Å². The molecule has 1 fully saturated rings. The fourth-order valence-corrected chi connectivity index (χ4v) is 3.09. The molecule has 8 heteroatoms. The Hall–Kier alpha value is -1.88. The maximum atomic E-state index is 10.2. The maximum Gasteiger partial charge on any atom is 0.223 e. The summed E-state index contributed by atoms with van der Waals surface area (Å²) in [5.41, 5.74) is 5.62. The van der Waals surface area contributed by atoms with Crippen LogP contribution in [0.1, 0.15) is 18.9 Å². The number of halogens is 1. The fraction of sp³-hybridized carbons (Fsp3) is 0.462. The summed E-state index contributed by atoms with van der Waals surface area (Å²) in [7, 11) is 0. The van der Waals surface area contributed by atoms with Gasteiger partial charge in [-0.2, -0.15) is 9.97 Å². The monoisotopic (exact) mass is 307 g/mol. The number of imidazole rings is 1. The van der Waals surface area contributed by atoms with Crippen molar-refractivity contribution in [2.45, 2.75) is 25.0 Å². The minimum absolute atomic E-state index is 0.0539. The van der Waals surface area contributed by atoms with Gasteiger partial charge in [0.15, 0.2) is 10.8 Å². The third-order valence-corrected chi connectivity index (χ3v) is 4.36. The van der Waals surface area contributed by atoms with Crippen molar-refractivity contribution in [3.8, 4) is 12.3 Å². The number of aliphatic hydroxyl groups is 2. The SMILES string of the molecule is C#C[C@@]1(CO)C[C@H](n2cnc3c(Cl)nc(N)nc32)C[C@H]1O. The molecule has 7 nitrogen and oxygen atoms in total. The number of rotatable bonds is 2. The molecule has 0 saturated heterocycles. The summed E-state index contributed by atoms with van der Waals surface area (Å²) in [5.74, 6) is 2.58. The zero-order valence-electron chi connectivity index (χ0n) is 11.1. The van der Waals surface area contributed by atoms with Gasteiger partial charge in [0.1, 0.15) is 5.52 Å². The molecule has 2 aromatic rings. The number of aliphatic hydroxyl groups excluding tert-OH is 2. The van der Waals surface area contributed by atoms with Gasteiger partial charge >= 0.3 is 0 Å². The largest absolute Gasteiger partial charge is 0.395 e. The van der Waals surface area contributed by atoms with Gasteiger partial charge in [-0.3, -0.25) is 0 Å². The predicted molar refractivity (Wildman–Crippen MR) is 77.4 cm³/mol. The number of nitrogens with zero attached hydrogens (tertiary/aromatic N) is 4. The van der Waals surface area contributed by atoms with Crippen LogP contribution in [0.2, 0.25) is 5.15 Å². The Morgan fingerprint density at radius 1 is 1.57 bits per heavy atom. The van der Waals surface area contributed by atoms with Crippen molar-refractivity contribution in [2.75, 3.05) is 12.3 Å². The van der Waals surface area contributed by atoms with Gasteiger partial charge in [0, 0.05) is 6.04 Å². The van der Waals surface area contributed by atoms with Gasteiger partial charge in [-0.15, -0.1) is 6.42 Å². The van der Waals surface area contributed by atoms with Crippen LogP contribution in [0.5, 0.6) is 0 Å². The topological polar surface area (TPSA) is 110 Å². The van der Waals surface area contributed by atoms with Gasteiger partial charge < -0.3 is 20.5 Å². The van der Waals surface area contributed by atoms with Crippen molar-refractivity contribution in [3.05, 3.63) is 11.5 Å². The third kappa shape index (κ3) is 2.03. The Morgan fingerprint density at radius 3 is 2.95 bits per heavy atom. The number of fused-ring (bicyclic) bond motifs is 1. The van der Waals surface area contributed by atoms with Crippen molar-refractivity contribution in [3.63, 3.8) is 0 Å². The van der Waals surface area contributed by atoms with Crippen LogP contribution in [-0.2, 0) is 0 Å². The smallest absolute Gasteiger partial charge is 0.223 e. The highest BCUT2D eigenvalue weighted by Gasteiger charge is 2.46. The molecule has 0 unspecified atom stereocenters. The lowest BCUT2D eigenvalue weighted by Crippen LogP contribution is -2.31. The van der Waals surface area contributed by atoms with E-state index in [0.29, 0.717) is 24.0 Å². The number of nitrogens with two attached hydrogens (primary N) is 1. The molecule has 1 aliphatic rings. The molecule has 2 aromatic heterocycles. The van der Waals surface area contributed by atoms with Crippen molar-refractivity contribution in [1.29, 1.82) is 0 Å². The lowest BCUT2D eigenvalue weighted by molar-refractivity contribution is 0.0475. The molecule has 1 aliphatic carbocycles. The molecular formula is C13H14ClN5O2. The van der Waals surface area contributed by atoms with Crippen LogP contribution >= 0.6 is 11.6 Å². The Kier molecular flexibility index (Phi) is 3.24. The second-order valence-electron chi connectivity index (χ2n) is 5.26. The molecule has 4 N–H and O–H groups in total. The molecule has 2 heterocycles. The average Bonchev–Trinajstić information content (AvgIpc) is 3.00. The van der Waals surface area contributed by atoms with Gasteiger partial charge in [0.2, 0.25) is 5.95 Å². The third-order valence-electron chi connectivity index (χ3n) is 4.09. The first-order valence-corrected chi connectivity index (χ1v) is 6.81. The van der Waals surface area contributed by atoms with Crippen molar-refractivity contribution < 1.29 is 10.2 Å². The lowest BCUT2D eigenvalue weighted by atomic mass is 9.86. The first kappa shape index (κ1) is 14.1. The van der Waals surface area contributed by atoms with Crippen LogP contribution < -0.4 is 5.73 Å². The van der Waals surface area contributed by atoms with Crippen molar-refractivity contribution in [1.82, 2.24) is 19.5 Å². The molecule has 0 aromatic carbocycles. The highest BCUT2D eigenvalue weighted by molar-refractivity contribution is 6.33. The van der Waals surface area contributed by atoms with Crippen LogP contribution in [-0.4, -0.2) is 42.4 Å². The van der Waals surface area contributed by atoms with E-state index in [0.717, 1.165) is 0 Å². The van der Waals surface area contributed by atoms with Gasteiger partial charge in [-0.05, 0) is 12.8 Å². The predicted octanol–water partition coefficient (Wildman–Crippen LogP) is 0.370. The standard InChI is InChI=1S/C13H14ClN5O2/c1-2-13(5-20)4-7(3-8(13)21)19-6-16-9-10(14)17-12(15)18-11(9)19/h1,6-8,20-21H,3-5H2,(H2,15,17,18)/t7-,8-,13+/m1/s1. The molecule has 0 spiro atoms. The number of aromatic nitrogens is 4. The van der Waals surface area contributed by atoms with Gasteiger partial charge in [-0.1, -0.05) is 17.5 Å². The van der Waals surface area contributed by atoms with E-state index >= 15 is 0 Å².